The SMILES string of the molecule is O=C1C[C@@H](C(=O)NCc2ccc3c(c2)OCCCO3)c2cc(F)ccc2N1. The van der Waals surface area contributed by atoms with Gasteiger partial charge in [0.05, 0.1) is 19.1 Å². The van der Waals surface area contributed by atoms with E-state index in [9.17, 15) is 14.0 Å². The van der Waals surface area contributed by atoms with Gasteiger partial charge < -0.3 is 20.1 Å². The molecule has 0 radical (unpaired) electrons. The molecule has 1 atom stereocenters. The van der Waals surface area contributed by atoms with Gasteiger partial charge in [-0.15, -0.1) is 0 Å². The molecule has 6 nitrogen and oxygen atoms in total. The fourth-order valence-corrected chi connectivity index (χ4v) is 3.30. The number of rotatable bonds is 3. The summed E-state index contributed by atoms with van der Waals surface area (Å²) in [6, 6.07) is 9.55. The summed E-state index contributed by atoms with van der Waals surface area (Å²) in [7, 11) is 0. The van der Waals surface area contributed by atoms with Crippen LogP contribution < -0.4 is 20.1 Å². The third-order valence-corrected chi connectivity index (χ3v) is 4.65. The molecule has 2 aliphatic heterocycles. The first kappa shape index (κ1) is 17.3. The van der Waals surface area contributed by atoms with Crippen LogP contribution in [0.2, 0.25) is 0 Å². The van der Waals surface area contributed by atoms with Crippen molar-refractivity contribution >= 4 is 17.5 Å². The zero-order valence-corrected chi connectivity index (χ0v) is 14.6. The van der Waals surface area contributed by atoms with Crippen molar-refractivity contribution in [3.8, 4) is 11.5 Å². The fourth-order valence-electron chi connectivity index (χ4n) is 3.30. The molecule has 7 heteroatoms. The second kappa shape index (κ2) is 7.26. The van der Waals surface area contributed by atoms with Crippen molar-refractivity contribution in [2.24, 2.45) is 0 Å². The Morgan fingerprint density at radius 2 is 1.96 bits per heavy atom. The molecule has 0 saturated carbocycles. The topological polar surface area (TPSA) is 76.7 Å². The smallest absolute Gasteiger partial charge is 0.228 e. The Kier molecular flexibility index (Phi) is 4.66. The first-order chi connectivity index (χ1) is 13.1. The summed E-state index contributed by atoms with van der Waals surface area (Å²) in [4.78, 5) is 24.5. The Hall–Kier alpha value is -3.09. The van der Waals surface area contributed by atoms with Gasteiger partial charge in [-0.1, -0.05) is 6.07 Å². The molecule has 2 aromatic rings. The van der Waals surface area contributed by atoms with Crippen LogP contribution in [0, 0.1) is 5.82 Å². The number of amides is 2. The van der Waals surface area contributed by atoms with E-state index in [0.717, 1.165) is 12.0 Å². The van der Waals surface area contributed by atoms with Crippen LogP contribution in [0.4, 0.5) is 10.1 Å². The van der Waals surface area contributed by atoms with Gasteiger partial charge in [0.1, 0.15) is 5.82 Å². The third-order valence-electron chi connectivity index (χ3n) is 4.65. The lowest BCUT2D eigenvalue weighted by Gasteiger charge is -2.25. The summed E-state index contributed by atoms with van der Waals surface area (Å²) < 4.78 is 24.9. The Labute approximate surface area is 155 Å². The molecule has 2 heterocycles. The van der Waals surface area contributed by atoms with E-state index in [1.807, 2.05) is 18.2 Å². The second-order valence-corrected chi connectivity index (χ2v) is 6.59. The van der Waals surface area contributed by atoms with E-state index in [-0.39, 0.29) is 24.8 Å². The minimum absolute atomic E-state index is 0.0105. The van der Waals surface area contributed by atoms with E-state index in [2.05, 4.69) is 10.6 Å². The quantitative estimate of drug-likeness (QED) is 0.871. The highest BCUT2D eigenvalue weighted by Crippen LogP contribution is 2.33. The summed E-state index contributed by atoms with van der Waals surface area (Å²) in [5, 5.41) is 5.50. The van der Waals surface area contributed by atoms with Crippen molar-refractivity contribution in [3.63, 3.8) is 0 Å². The van der Waals surface area contributed by atoms with E-state index in [0.29, 0.717) is 36.0 Å². The summed E-state index contributed by atoms with van der Waals surface area (Å²) in [6.45, 7) is 1.48. The molecule has 2 N–H and O–H groups in total. The molecule has 0 bridgehead atoms. The average molecular weight is 370 g/mol. The zero-order chi connectivity index (χ0) is 18.8. The first-order valence-electron chi connectivity index (χ1n) is 8.86. The number of carbonyl (C=O) groups excluding carboxylic acids is 2. The molecule has 2 aliphatic rings. The monoisotopic (exact) mass is 370 g/mol. The summed E-state index contributed by atoms with van der Waals surface area (Å²) in [6.07, 6.45) is 0.809. The predicted molar refractivity (Wildman–Crippen MR) is 96.3 cm³/mol. The largest absolute Gasteiger partial charge is 0.490 e. The second-order valence-electron chi connectivity index (χ2n) is 6.59. The number of hydrogen-bond donors (Lipinski definition) is 2. The molecule has 4 rings (SSSR count). The van der Waals surface area contributed by atoms with Gasteiger partial charge in [0.25, 0.3) is 0 Å². The van der Waals surface area contributed by atoms with Crippen molar-refractivity contribution in [2.75, 3.05) is 18.5 Å². The van der Waals surface area contributed by atoms with Gasteiger partial charge in [0.2, 0.25) is 11.8 Å². The van der Waals surface area contributed by atoms with Crippen molar-refractivity contribution in [1.29, 1.82) is 0 Å². The highest BCUT2D eigenvalue weighted by molar-refractivity contribution is 6.01. The van der Waals surface area contributed by atoms with E-state index in [1.54, 1.807) is 0 Å². The normalized spacial score (nSPS) is 18.1. The summed E-state index contributed by atoms with van der Waals surface area (Å²) in [5.74, 6) is -0.385. The molecule has 0 unspecified atom stereocenters. The van der Waals surface area contributed by atoms with Crippen LogP contribution in [0.15, 0.2) is 36.4 Å². The van der Waals surface area contributed by atoms with Gasteiger partial charge in [0, 0.05) is 25.1 Å². The molecule has 0 saturated heterocycles. The van der Waals surface area contributed by atoms with E-state index in [1.165, 1.54) is 18.2 Å². The molecular formula is C20H19FN2O4. The summed E-state index contributed by atoms with van der Waals surface area (Å²) >= 11 is 0. The fraction of sp³-hybridized carbons (Fsp3) is 0.300. The molecule has 0 aliphatic carbocycles. The maximum Gasteiger partial charge on any atom is 0.228 e. The van der Waals surface area contributed by atoms with Gasteiger partial charge in [-0.25, -0.2) is 4.39 Å². The van der Waals surface area contributed by atoms with E-state index < -0.39 is 11.7 Å². The van der Waals surface area contributed by atoms with Crippen LogP contribution in [-0.4, -0.2) is 25.0 Å². The highest BCUT2D eigenvalue weighted by Gasteiger charge is 2.31. The van der Waals surface area contributed by atoms with Crippen LogP contribution in [0.1, 0.15) is 29.9 Å². The predicted octanol–water partition coefficient (Wildman–Crippen LogP) is 2.73. The first-order valence-corrected chi connectivity index (χ1v) is 8.86. The van der Waals surface area contributed by atoms with Crippen LogP contribution in [0.5, 0.6) is 11.5 Å². The van der Waals surface area contributed by atoms with Gasteiger partial charge in [-0.05, 0) is 41.5 Å². The Bertz CT molecular complexity index is 900. The minimum atomic E-state index is -0.718. The van der Waals surface area contributed by atoms with Gasteiger partial charge in [0.15, 0.2) is 11.5 Å². The highest BCUT2D eigenvalue weighted by atomic mass is 19.1. The summed E-state index contributed by atoms with van der Waals surface area (Å²) in [5.41, 5.74) is 1.82. The Balaban J connectivity index is 1.48. The number of nitrogens with one attached hydrogen (secondary N) is 2. The number of hydrogen-bond acceptors (Lipinski definition) is 4. The molecule has 27 heavy (non-hydrogen) atoms. The molecule has 0 aromatic heterocycles. The molecule has 2 amide bonds. The molecule has 0 fully saturated rings. The Morgan fingerprint density at radius 3 is 2.81 bits per heavy atom. The van der Waals surface area contributed by atoms with Gasteiger partial charge >= 0.3 is 0 Å². The molecule has 0 spiro atoms. The van der Waals surface area contributed by atoms with Gasteiger partial charge in [-0.2, -0.15) is 0 Å². The lowest BCUT2D eigenvalue weighted by Crippen LogP contribution is -2.34. The lowest BCUT2D eigenvalue weighted by molar-refractivity contribution is -0.126. The van der Waals surface area contributed by atoms with Crippen molar-refractivity contribution in [1.82, 2.24) is 5.32 Å². The zero-order valence-electron chi connectivity index (χ0n) is 14.6. The van der Waals surface area contributed by atoms with Crippen molar-refractivity contribution < 1.29 is 23.5 Å². The average Bonchev–Trinajstić information content (AvgIpc) is 2.90. The lowest BCUT2D eigenvalue weighted by atomic mass is 9.89. The third kappa shape index (κ3) is 3.72. The maximum absolute atomic E-state index is 13.6. The van der Waals surface area contributed by atoms with E-state index >= 15 is 0 Å². The van der Waals surface area contributed by atoms with Crippen molar-refractivity contribution in [3.05, 3.63) is 53.3 Å². The number of benzene rings is 2. The van der Waals surface area contributed by atoms with Gasteiger partial charge in [-0.3, -0.25) is 9.59 Å². The number of halogens is 1. The Morgan fingerprint density at radius 1 is 1.15 bits per heavy atom. The van der Waals surface area contributed by atoms with E-state index in [4.69, 9.17) is 9.47 Å². The van der Waals surface area contributed by atoms with Crippen molar-refractivity contribution in [2.45, 2.75) is 25.3 Å². The van der Waals surface area contributed by atoms with Crippen LogP contribution >= 0.6 is 0 Å². The molecule has 140 valence electrons. The van der Waals surface area contributed by atoms with Crippen LogP contribution in [0.3, 0.4) is 0 Å². The van der Waals surface area contributed by atoms with Crippen LogP contribution in [0.25, 0.3) is 0 Å². The standard InChI is InChI=1S/C20H19FN2O4/c21-13-3-4-16-14(9-13)15(10-19(24)23-16)20(25)22-11-12-2-5-17-18(8-12)27-7-1-6-26-17/h2-5,8-9,15H,1,6-7,10-11H2,(H,22,25)(H,23,24)/t15-/m1/s1. The number of fused-ring (bicyclic) bond motifs is 2. The maximum atomic E-state index is 13.6. The number of ether oxygens (including phenoxy) is 2. The molecule has 2 aromatic carbocycles. The number of anilines is 1. The number of carbonyl (C=O) groups is 2. The minimum Gasteiger partial charge on any atom is -0.490 e. The van der Waals surface area contributed by atoms with Crippen LogP contribution in [-0.2, 0) is 16.1 Å². The molecular weight excluding hydrogens is 351 g/mol.